The van der Waals surface area contributed by atoms with Crippen molar-refractivity contribution < 1.29 is 4.79 Å². The van der Waals surface area contributed by atoms with Gasteiger partial charge in [-0.1, -0.05) is 18.2 Å². The van der Waals surface area contributed by atoms with E-state index in [9.17, 15) is 4.79 Å². The summed E-state index contributed by atoms with van der Waals surface area (Å²) < 4.78 is 1.74. The third kappa shape index (κ3) is 4.62. The molecule has 1 aromatic heterocycles. The quantitative estimate of drug-likeness (QED) is 0.632. The fourth-order valence-electron chi connectivity index (χ4n) is 1.66. The van der Waals surface area contributed by atoms with Gasteiger partial charge in [-0.05, 0) is 18.2 Å². The van der Waals surface area contributed by atoms with Crippen molar-refractivity contribution in [2.24, 2.45) is 7.05 Å². The average Bonchev–Trinajstić information content (AvgIpc) is 2.88. The minimum absolute atomic E-state index is 0.153. The third-order valence-corrected chi connectivity index (χ3v) is 3.77. The maximum Gasteiger partial charge on any atom is 0.315 e. The second-order valence-corrected chi connectivity index (χ2v) is 5.39. The zero-order chi connectivity index (χ0) is 14.2. The number of benzene rings is 1. The molecule has 0 fully saturated rings. The van der Waals surface area contributed by atoms with Crippen molar-refractivity contribution >= 4 is 17.8 Å². The fraction of sp³-hybridized carbons (Fsp3) is 0.286. The molecule has 0 radical (unpaired) electrons. The lowest BCUT2D eigenvalue weighted by Gasteiger charge is -2.07. The molecule has 0 saturated carbocycles. The number of amides is 2. The van der Waals surface area contributed by atoms with Gasteiger partial charge in [0.25, 0.3) is 0 Å². The number of aryl methyl sites for hydroxylation is 1. The maximum atomic E-state index is 11.6. The normalized spacial score (nSPS) is 10.2. The highest BCUT2D eigenvalue weighted by Gasteiger charge is 2.02. The van der Waals surface area contributed by atoms with Crippen molar-refractivity contribution in [3.05, 3.63) is 48.3 Å². The van der Waals surface area contributed by atoms with Gasteiger partial charge < -0.3 is 10.6 Å². The van der Waals surface area contributed by atoms with E-state index >= 15 is 0 Å². The van der Waals surface area contributed by atoms with Crippen molar-refractivity contribution in [2.75, 3.05) is 12.3 Å². The highest BCUT2D eigenvalue weighted by atomic mass is 32.2. The van der Waals surface area contributed by atoms with E-state index in [0.29, 0.717) is 13.1 Å². The number of hydrogen-bond acceptors (Lipinski definition) is 3. The lowest BCUT2D eigenvalue weighted by molar-refractivity contribution is 0.241. The Kier molecular flexibility index (Phi) is 5.49. The van der Waals surface area contributed by atoms with Crippen LogP contribution in [0.4, 0.5) is 4.79 Å². The van der Waals surface area contributed by atoms with Crippen LogP contribution < -0.4 is 10.6 Å². The predicted octanol–water partition coefficient (Wildman–Crippen LogP) is 2.01. The zero-order valence-corrected chi connectivity index (χ0v) is 12.2. The summed E-state index contributed by atoms with van der Waals surface area (Å²) in [5.74, 6) is 0.850. The van der Waals surface area contributed by atoms with Crippen molar-refractivity contribution in [1.82, 2.24) is 20.4 Å². The molecule has 0 unspecified atom stereocenters. The first-order valence-electron chi connectivity index (χ1n) is 6.42. The van der Waals surface area contributed by atoms with Crippen molar-refractivity contribution in [2.45, 2.75) is 11.4 Å². The molecule has 0 aliphatic carbocycles. The highest BCUT2D eigenvalue weighted by molar-refractivity contribution is 7.99. The van der Waals surface area contributed by atoms with Gasteiger partial charge >= 0.3 is 6.03 Å². The summed E-state index contributed by atoms with van der Waals surface area (Å²) in [7, 11) is 1.85. The van der Waals surface area contributed by atoms with Crippen LogP contribution in [0.15, 0.2) is 47.5 Å². The number of thioether (sulfide) groups is 1. The van der Waals surface area contributed by atoms with Gasteiger partial charge in [-0.25, -0.2) is 4.79 Å². The number of rotatable bonds is 6. The van der Waals surface area contributed by atoms with Crippen LogP contribution in [-0.2, 0) is 13.6 Å². The number of carbonyl (C=O) groups excluding carboxylic acids is 1. The molecule has 1 heterocycles. The van der Waals surface area contributed by atoms with Gasteiger partial charge in [0.2, 0.25) is 0 Å². The predicted molar refractivity (Wildman–Crippen MR) is 80.6 cm³/mol. The van der Waals surface area contributed by atoms with Gasteiger partial charge in [-0.15, -0.1) is 11.8 Å². The van der Waals surface area contributed by atoms with Gasteiger partial charge in [0.15, 0.2) is 0 Å². The lowest BCUT2D eigenvalue weighted by atomic mass is 10.4. The molecule has 106 valence electrons. The number of nitrogens with zero attached hydrogens (tertiary/aromatic N) is 2. The van der Waals surface area contributed by atoms with Crippen LogP contribution in [0.3, 0.4) is 0 Å². The second-order valence-electron chi connectivity index (χ2n) is 4.22. The summed E-state index contributed by atoms with van der Waals surface area (Å²) >= 11 is 1.72. The molecule has 20 heavy (non-hydrogen) atoms. The number of nitrogens with one attached hydrogen (secondary N) is 2. The molecule has 0 aliphatic rings. The minimum atomic E-state index is -0.153. The van der Waals surface area contributed by atoms with E-state index in [1.54, 1.807) is 22.6 Å². The molecular weight excluding hydrogens is 272 g/mol. The third-order valence-electron chi connectivity index (χ3n) is 2.75. The van der Waals surface area contributed by atoms with Gasteiger partial charge in [0.05, 0.1) is 12.2 Å². The van der Waals surface area contributed by atoms with Crippen LogP contribution in [0.1, 0.15) is 5.69 Å². The summed E-state index contributed by atoms with van der Waals surface area (Å²) in [6.07, 6.45) is 1.71. The Morgan fingerprint density at radius 3 is 2.75 bits per heavy atom. The van der Waals surface area contributed by atoms with Gasteiger partial charge in [0, 0.05) is 30.4 Å². The Balaban J connectivity index is 1.60. The molecule has 2 rings (SSSR count). The molecule has 0 saturated heterocycles. The number of urea groups is 1. The SMILES string of the molecule is Cn1nccc1CNC(=O)NCCSc1ccccc1. The molecule has 2 amide bonds. The Morgan fingerprint density at radius 2 is 2.05 bits per heavy atom. The first-order valence-corrected chi connectivity index (χ1v) is 7.40. The Labute approximate surface area is 122 Å². The van der Waals surface area contributed by atoms with E-state index in [2.05, 4.69) is 27.9 Å². The van der Waals surface area contributed by atoms with Crippen molar-refractivity contribution in [1.29, 1.82) is 0 Å². The molecule has 6 heteroatoms. The smallest absolute Gasteiger partial charge is 0.315 e. The molecule has 5 nitrogen and oxygen atoms in total. The minimum Gasteiger partial charge on any atom is -0.337 e. The first-order chi connectivity index (χ1) is 9.75. The van der Waals surface area contributed by atoms with Gasteiger partial charge in [0.1, 0.15) is 0 Å². The maximum absolute atomic E-state index is 11.6. The number of aromatic nitrogens is 2. The zero-order valence-electron chi connectivity index (χ0n) is 11.4. The van der Waals surface area contributed by atoms with E-state index in [-0.39, 0.29) is 6.03 Å². The fourth-order valence-corrected chi connectivity index (χ4v) is 2.45. The van der Waals surface area contributed by atoms with E-state index in [1.165, 1.54) is 4.90 Å². The summed E-state index contributed by atoms with van der Waals surface area (Å²) in [5, 5.41) is 9.68. The van der Waals surface area contributed by atoms with Crippen LogP contribution in [-0.4, -0.2) is 28.1 Å². The molecule has 1 aromatic carbocycles. The first kappa shape index (κ1) is 14.5. The van der Waals surface area contributed by atoms with Crippen LogP contribution in [0.5, 0.6) is 0 Å². The van der Waals surface area contributed by atoms with Crippen LogP contribution in [0, 0.1) is 0 Å². The highest BCUT2D eigenvalue weighted by Crippen LogP contribution is 2.15. The molecule has 0 spiro atoms. The van der Waals surface area contributed by atoms with E-state index in [4.69, 9.17) is 0 Å². The van der Waals surface area contributed by atoms with E-state index in [1.807, 2.05) is 31.3 Å². The monoisotopic (exact) mass is 290 g/mol. The molecule has 2 N–H and O–H groups in total. The Bertz CT molecular complexity index is 541. The second kappa shape index (κ2) is 7.59. The molecular formula is C14H18N4OS. The van der Waals surface area contributed by atoms with E-state index < -0.39 is 0 Å². The Hall–Kier alpha value is -1.95. The van der Waals surface area contributed by atoms with Crippen molar-refractivity contribution in [3.63, 3.8) is 0 Å². The Morgan fingerprint density at radius 1 is 1.25 bits per heavy atom. The van der Waals surface area contributed by atoms with Crippen LogP contribution in [0.2, 0.25) is 0 Å². The number of carbonyl (C=O) groups is 1. The number of hydrogen-bond donors (Lipinski definition) is 2. The molecule has 2 aromatic rings. The molecule has 0 atom stereocenters. The van der Waals surface area contributed by atoms with Gasteiger partial charge in [-0.3, -0.25) is 4.68 Å². The summed E-state index contributed by atoms with van der Waals surface area (Å²) in [6, 6.07) is 11.9. The molecule has 0 aliphatic heterocycles. The summed E-state index contributed by atoms with van der Waals surface area (Å²) in [5.41, 5.74) is 0.971. The largest absolute Gasteiger partial charge is 0.337 e. The van der Waals surface area contributed by atoms with Crippen LogP contribution in [0.25, 0.3) is 0 Å². The standard InChI is InChI=1S/C14H18N4OS/c1-18-12(7-8-17-18)11-16-14(19)15-9-10-20-13-5-3-2-4-6-13/h2-8H,9-11H2,1H3,(H2,15,16,19). The van der Waals surface area contributed by atoms with Crippen molar-refractivity contribution in [3.8, 4) is 0 Å². The van der Waals surface area contributed by atoms with E-state index in [0.717, 1.165) is 11.4 Å². The van der Waals surface area contributed by atoms with Gasteiger partial charge in [-0.2, -0.15) is 5.10 Å². The van der Waals surface area contributed by atoms with Crippen LogP contribution >= 0.6 is 11.8 Å². The summed E-state index contributed by atoms with van der Waals surface area (Å²) in [6.45, 7) is 1.12. The molecule has 0 bridgehead atoms. The average molecular weight is 290 g/mol. The summed E-state index contributed by atoms with van der Waals surface area (Å²) in [4.78, 5) is 12.8. The topological polar surface area (TPSA) is 59.0 Å². The lowest BCUT2D eigenvalue weighted by Crippen LogP contribution is -2.36.